The van der Waals surface area contributed by atoms with Crippen LogP contribution in [0.1, 0.15) is 13.8 Å². The first-order chi connectivity index (χ1) is 9.90. The van der Waals surface area contributed by atoms with E-state index in [-0.39, 0.29) is 5.91 Å². The summed E-state index contributed by atoms with van der Waals surface area (Å²) in [5.41, 5.74) is 1.10. The highest BCUT2D eigenvalue weighted by Crippen LogP contribution is 2.41. The number of carboxylic acids is 1. The van der Waals surface area contributed by atoms with Crippen LogP contribution in [0.25, 0.3) is 0 Å². The third-order valence-electron chi connectivity index (χ3n) is 3.49. The van der Waals surface area contributed by atoms with Crippen LogP contribution in [0.15, 0.2) is 12.1 Å². The summed E-state index contributed by atoms with van der Waals surface area (Å²) >= 11 is 0. The Morgan fingerprint density at radius 1 is 1.33 bits per heavy atom. The van der Waals surface area contributed by atoms with Crippen LogP contribution in [0.4, 0.5) is 11.4 Å². The van der Waals surface area contributed by atoms with E-state index in [1.54, 1.807) is 19.1 Å². The zero-order chi connectivity index (χ0) is 15.7. The molecule has 1 heterocycles. The van der Waals surface area contributed by atoms with Gasteiger partial charge >= 0.3 is 5.97 Å². The first-order valence-electron chi connectivity index (χ1n) is 6.49. The molecule has 2 unspecified atom stereocenters. The third kappa shape index (κ3) is 2.46. The first-order valence-corrected chi connectivity index (χ1v) is 6.49. The van der Waals surface area contributed by atoms with E-state index in [1.807, 2.05) is 0 Å². The summed E-state index contributed by atoms with van der Waals surface area (Å²) in [4.78, 5) is 24.8. The molecular weight excluding hydrogens is 276 g/mol. The molecule has 0 fully saturated rings. The van der Waals surface area contributed by atoms with Crippen LogP contribution in [0.3, 0.4) is 0 Å². The van der Waals surface area contributed by atoms with E-state index in [1.165, 1.54) is 26.0 Å². The molecule has 1 aliphatic heterocycles. The molecule has 2 N–H and O–H groups in total. The number of benzene rings is 1. The number of hydrogen-bond donors (Lipinski definition) is 2. The number of carboxylic acid groups (broad SMARTS) is 1. The maximum atomic E-state index is 12.3. The highest BCUT2D eigenvalue weighted by molar-refractivity contribution is 6.08. The lowest BCUT2D eigenvalue weighted by molar-refractivity contribution is -0.139. The quantitative estimate of drug-likeness (QED) is 0.871. The first kappa shape index (κ1) is 15.0. The van der Waals surface area contributed by atoms with Gasteiger partial charge in [0.2, 0.25) is 5.91 Å². The van der Waals surface area contributed by atoms with Gasteiger partial charge in [0.05, 0.1) is 25.6 Å². The van der Waals surface area contributed by atoms with E-state index in [0.717, 1.165) is 0 Å². The number of rotatable bonds is 4. The van der Waals surface area contributed by atoms with Crippen LogP contribution < -0.4 is 19.7 Å². The Balaban J connectivity index is 2.60. The standard InChI is InChI=1S/C14H18N2O5/c1-7-13(17)16(8(2)14(18)19)10-6-12(21-4)11(20-3)5-9(10)15-7/h5-8,15H,1-4H3,(H,18,19). The summed E-state index contributed by atoms with van der Waals surface area (Å²) in [5.74, 6) is -0.431. The molecule has 2 rings (SSSR count). The summed E-state index contributed by atoms with van der Waals surface area (Å²) in [7, 11) is 3.00. The highest BCUT2D eigenvalue weighted by atomic mass is 16.5. The third-order valence-corrected chi connectivity index (χ3v) is 3.49. The Labute approximate surface area is 122 Å². The molecule has 0 aromatic heterocycles. The molecule has 7 heteroatoms. The summed E-state index contributed by atoms with van der Waals surface area (Å²) in [5, 5.41) is 12.3. The van der Waals surface area contributed by atoms with Gasteiger partial charge in [-0.3, -0.25) is 9.69 Å². The van der Waals surface area contributed by atoms with Gasteiger partial charge in [0.1, 0.15) is 12.1 Å². The minimum Gasteiger partial charge on any atom is -0.493 e. The molecule has 1 aromatic rings. The Kier molecular flexibility index (Phi) is 3.93. The van der Waals surface area contributed by atoms with E-state index < -0.39 is 18.1 Å². The zero-order valence-corrected chi connectivity index (χ0v) is 12.3. The predicted molar refractivity (Wildman–Crippen MR) is 77.2 cm³/mol. The average molecular weight is 294 g/mol. The van der Waals surface area contributed by atoms with Gasteiger partial charge in [-0.15, -0.1) is 0 Å². The van der Waals surface area contributed by atoms with E-state index in [9.17, 15) is 14.7 Å². The lowest BCUT2D eigenvalue weighted by Gasteiger charge is -2.36. The fourth-order valence-corrected chi connectivity index (χ4v) is 2.32. The summed E-state index contributed by atoms with van der Waals surface area (Å²) in [6, 6.07) is 1.81. The second-order valence-electron chi connectivity index (χ2n) is 4.81. The Morgan fingerprint density at radius 3 is 2.43 bits per heavy atom. The number of nitrogens with one attached hydrogen (secondary N) is 1. The fraction of sp³-hybridized carbons (Fsp3) is 0.429. The summed E-state index contributed by atoms with van der Waals surface area (Å²) in [6.07, 6.45) is 0. The van der Waals surface area contributed by atoms with Crippen molar-refractivity contribution in [1.82, 2.24) is 0 Å². The maximum absolute atomic E-state index is 12.3. The van der Waals surface area contributed by atoms with Crippen molar-refractivity contribution in [3.05, 3.63) is 12.1 Å². The number of amides is 1. The van der Waals surface area contributed by atoms with Crippen molar-refractivity contribution in [2.45, 2.75) is 25.9 Å². The van der Waals surface area contributed by atoms with Crippen LogP contribution in [-0.4, -0.2) is 43.3 Å². The van der Waals surface area contributed by atoms with Crippen LogP contribution >= 0.6 is 0 Å². The summed E-state index contributed by atoms with van der Waals surface area (Å²) in [6.45, 7) is 3.16. The lowest BCUT2D eigenvalue weighted by atomic mass is 10.1. The molecule has 0 bridgehead atoms. The van der Waals surface area contributed by atoms with Crippen molar-refractivity contribution in [3.63, 3.8) is 0 Å². The number of anilines is 2. The van der Waals surface area contributed by atoms with Crippen molar-refractivity contribution in [3.8, 4) is 11.5 Å². The Morgan fingerprint density at radius 2 is 1.90 bits per heavy atom. The number of carbonyl (C=O) groups is 2. The smallest absolute Gasteiger partial charge is 0.326 e. The molecule has 0 saturated carbocycles. The van der Waals surface area contributed by atoms with Gasteiger partial charge in [-0.05, 0) is 13.8 Å². The SMILES string of the molecule is COc1cc2c(cc1OC)N(C(C)C(=O)O)C(=O)C(C)N2. The average Bonchev–Trinajstić information content (AvgIpc) is 2.46. The second kappa shape index (κ2) is 5.51. The normalized spacial score (nSPS) is 18.6. The highest BCUT2D eigenvalue weighted by Gasteiger charge is 2.36. The lowest BCUT2D eigenvalue weighted by Crippen LogP contribution is -2.52. The predicted octanol–water partition coefficient (Wildman–Crippen LogP) is 1.32. The van der Waals surface area contributed by atoms with Crippen molar-refractivity contribution in [2.75, 3.05) is 24.4 Å². The topological polar surface area (TPSA) is 88.1 Å². The van der Waals surface area contributed by atoms with Crippen molar-refractivity contribution in [2.24, 2.45) is 0 Å². The van der Waals surface area contributed by atoms with Gasteiger partial charge in [0.25, 0.3) is 0 Å². The molecule has 0 radical (unpaired) electrons. The minimum absolute atomic E-state index is 0.301. The van der Waals surface area contributed by atoms with Gasteiger partial charge in [-0.1, -0.05) is 0 Å². The molecule has 1 aliphatic rings. The number of nitrogens with zero attached hydrogens (tertiary/aromatic N) is 1. The maximum Gasteiger partial charge on any atom is 0.326 e. The number of carbonyl (C=O) groups excluding carboxylic acids is 1. The number of methoxy groups -OCH3 is 2. The van der Waals surface area contributed by atoms with E-state index >= 15 is 0 Å². The second-order valence-corrected chi connectivity index (χ2v) is 4.81. The molecule has 21 heavy (non-hydrogen) atoms. The van der Waals surface area contributed by atoms with Crippen molar-refractivity contribution >= 4 is 23.3 Å². The fourth-order valence-electron chi connectivity index (χ4n) is 2.32. The molecule has 1 amide bonds. The Bertz CT molecular complexity index is 587. The molecule has 0 saturated heterocycles. The minimum atomic E-state index is -1.07. The van der Waals surface area contributed by atoms with Crippen LogP contribution in [0, 0.1) is 0 Å². The van der Waals surface area contributed by atoms with Crippen molar-refractivity contribution < 1.29 is 24.2 Å². The molecule has 114 valence electrons. The number of hydrogen-bond acceptors (Lipinski definition) is 5. The van der Waals surface area contributed by atoms with Crippen LogP contribution in [0.2, 0.25) is 0 Å². The molecule has 2 atom stereocenters. The Hall–Kier alpha value is -2.44. The largest absolute Gasteiger partial charge is 0.493 e. The van der Waals surface area contributed by atoms with Gasteiger partial charge in [0, 0.05) is 12.1 Å². The molecule has 0 spiro atoms. The summed E-state index contributed by atoms with van der Waals surface area (Å²) < 4.78 is 10.4. The van der Waals surface area contributed by atoms with Gasteiger partial charge in [0.15, 0.2) is 11.5 Å². The molecular formula is C14H18N2O5. The zero-order valence-electron chi connectivity index (χ0n) is 12.3. The monoisotopic (exact) mass is 294 g/mol. The van der Waals surface area contributed by atoms with E-state index in [0.29, 0.717) is 22.9 Å². The van der Waals surface area contributed by atoms with E-state index in [2.05, 4.69) is 5.32 Å². The molecule has 7 nitrogen and oxygen atoms in total. The van der Waals surface area contributed by atoms with Gasteiger partial charge < -0.3 is 19.9 Å². The van der Waals surface area contributed by atoms with Crippen LogP contribution in [0.5, 0.6) is 11.5 Å². The number of aliphatic carboxylic acids is 1. The molecule has 1 aromatic carbocycles. The van der Waals surface area contributed by atoms with Gasteiger partial charge in [-0.25, -0.2) is 4.79 Å². The van der Waals surface area contributed by atoms with Gasteiger partial charge in [-0.2, -0.15) is 0 Å². The molecule has 0 aliphatic carbocycles. The van der Waals surface area contributed by atoms with Crippen molar-refractivity contribution in [1.29, 1.82) is 0 Å². The van der Waals surface area contributed by atoms with Crippen LogP contribution in [-0.2, 0) is 9.59 Å². The number of fused-ring (bicyclic) bond motifs is 1. The number of ether oxygens (including phenoxy) is 2. The van der Waals surface area contributed by atoms with E-state index in [4.69, 9.17) is 9.47 Å².